The highest BCUT2D eigenvalue weighted by molar-refractivity contribution is 5.83. The molecule has 1 aliphatic carbocycles. The van der Waals surface area contributed by atoms with Crippen LogP contribution in [0.25, 0.3) is 0 Å². The number of rotatable bonds is 4. The quantitative estimate of drug-likeness (QED) is 0.506. The fourth-order valence-electron chi connectivity index (χ4n) is 1.45. The smallest absolute Gasteiger partial charge is 0.0989 e. The third kappa shape index (κ3) is 2.50. The summed E-state index contributed by atoms with van der Waals surface area (Å²) in [5.74, 6) is 2.15. The summed E-state index contributed by atoms with van der Waals surface area (Å²) in [4.78, 5) is 2.21. The topological polar surface area (TPSA) is 27.1 Å². The standard InChI is InChI=1S/C10H20N2/c1-4-12(7-8(2)3)10(11)9-5-6-9/h8-9,11H,4-7H2,1-3H3. The van der Waals surface area contributed by atoms with Gasteiger partial charge in [0.1, 0.15) is 0 Å². The molecule has 2 nitrogen and oxygen atoms in total. The first kappa shape index (κ1) is 9.56. The molecule has 0 aromatic heterocycles. The zero-order chi connectivity index (χ0) is 9.14. The molecule has 70 valence electrons. The number of hydrogen-bond acceptors (Lipinski definition) is 1. The molecule has 12 heavy (non-hydrogen) atoms. The minimum absolute atomic E-state index is 0.601. The van der Waals surface area contributed by atoms with Crippen LogP contribution in [0.5, 0.6) is 0 Å². The lowest BCUT2D eigenvalue weighted by molar-refractivity contribution is 0.370. The highest BCUT2D eigenvalue weighted by Gasteiger charge is 2.29. The highest BCUT2D eigenvalue weighted by atomic mass is 15.2. The monoisotopic (exact) mass is 168 g/mol. The SMILES string of the molecule is CCN(CC(C)C)C(=N)C1CC1. The van der Waals surface area contributed by atoms with Gasteiger partial charge in [0.05, 0.1) is 5.84 Å². The zero-order valence-corrected chi connectivity index (χ0v) is 8.43. The average molecular weight is 168 g/mol. The summed E-state index contributed by atoms with van der Waals surface area (Å²) < 4.78 is 0. The number of nitrogens with one attached hydrogen (secondary N) is 1. The Bertz CT molecular complexity index is 159. The van der Waals surface area contributed by atoms with E-state index in [0.717, 1.165) is 18.9 Å². The molecule has 0 saturated heterocycles. The van der Waals surface area contributed by atoms with E-state index in [4.69, 9.17) is 5.41 Å². The summed E-state index contributed by atoms with van der Waals surface area (Å²) in [6.07, 6.45) is 2.49. The Morgan fingerprint density at radius 3 is 2.42 bits per heavy atom. The lowest BCUT2D eigenvalue weighted by Crippen LogP contribution is -2.34. The minimum atomic E-state index is 0.601. The van der Waals surface area contributed by atoms with Crippen LogP contribution in [0.4, 0.5) is 0 Å². The summed E-state index contributed by atoms with van der Waals surface area (Å²) in [6.45, 7) is 8.60. The second-order valence-electron chi connectivity index (χ2n) is 4.09. The van der Waals surface area contributed by atoms with Gasteiger partial charge in [-0.25, -0.2) is 0 Å². The van der Waals surface area contributed by atoms with Crippen molar-refractivity contribution in [2.24, 2.45) is 11.8 Å². The van der Waals surface area contributed by atoms with Gasteiger partial charge in [0.25, 0.3) is 0 Å². The maximum absolute atomic E-state index is 7.88. The van der Waals surface area contributed by atoms with Crippen molar-refractivity contribution < 1.29 is 0 Å². The van der Waals surface area contributed by atoms with Crippen molar-refractivity contribution in [3.05, 3.63) is 0 Å². The van der Waals surface area contributed by atoms with Crippen molar-refractivity contribution in [1.82, 2.24) is 4.90 Å². The van der Waals surface area contributed by atoms with E-state index in [1.54, 1.807) is 0 Å². The Morgan fingerprint density at radius 2 is 2.08 bits per heavy atom. The van der Waals surface area contributed by atoms with Gasteiger partial charge < -0.3 is 4.90 Å². The fraction of sp³-hybridized carbons (Fsp3) is 0.900. The first-order valence-electron chi connectivity index (χ1n) is 4.98. The summed E-state index contributed by atoms with van der Waals surface area (Å²) in [5.41, 5.74) is 0. The van der Waals surface area contributed by atoms with E-state index >= 15 is 0 Å². The van der Waals surface area contributed by atoms with Gasteiger partial charge in [0, 0.05) is 19.0 Å². The molecule has 1 saturated carbocycles. The van der Waals surface area contributed by atoms with Crippen LogP contribution in [0.1, 0.15) is 33.6 Å². The predicted molar refractivity (Wildman–Crippen MR) is 52.5 cm³/mol. The van der Waals surface area contributed by atoms with E-state index in [2.05, 4.69) is 25.7 Å². The second-order valence-corrected chi connectivity index (χ2v) is 4.09. The molecule has 1 fully saturated rings. The number of nitrogens with zero attached hydrogens (tertiary/aromatic N) is 1. The Balaban J connectivity index is 2.37. The van der Waals surface area contributed by atoms with Gasteiger partial charge >= 0.3 is 0 Å². The van der Waals surface area contributed by atoms with Crippen LogP contribution >= 0.6 is 0 Å². The Labute approximate surface area is 75.5 Å². The maximum Gasteiger partial charge on any atom is 0.0989 e. The van der Waals surface area contributed by atoms with Gasteiger partial charge in [-0.2, -0.15) is 0 Å². The molecule has 0 aliphatic heterocycles. The predicted octanol–water partition coefficient (Wildman–Crippen LogP) is 2.35. The van der Waals surface area contributed by atoms with E-state index in [9.17, 15) is 0 Å². The second kappa shape index (κ2) is 3.92. The highest BCUT2D eigenvalue weighted by Crippen LogP contribution is 2.31. The molecule has 0 bridgehead atoms. The molecule has 1 aliphatic rings. The summed E-state index contributed by atoms with van der Waals surface area (Å²) >= 11 is 0. The number of amidine groups is 1. The van der Waals surface area contributed by atoms with Crippen molar-refractivity contribution >= 4 is 5.84 Å². The molecule has 0 aromatic rings. The molecule has 1 N–H and O–H groups in total. The van der Waals surface area contributed by atoms with Crippen molar-refractivity contribution in [2.45, 2.75) is 33.6 Å². The molecule has 0 spiro atoms. The van der Waals surface area contributed by atoms with Gasteiger partial charge in [-0.1, -0.05) is 13.8 Å². The lowest BCUT2D eigenvalue weighted by atomic mass is 10.2. The molecular formula is C10H20N2. The van der Waals surface area contributed by atoms with Gasteiger partial charge in [-0.15, -0.1) is 0 Å². The van der Waals surface area contributed by atoms with Crippen molar-refractivity contribution in [1.29, 1.82) is 5.41 Å². The molecule has 0 unspecified atom stereocenters. The molecular weight excluding hydrogens is 148 g/mol. The maximum atomic E-state index is 7.88. The molecule has 1 rings (SSSR count). The molecule has 0 heterocycles. The van der Waals surface area contributed by atoms with Gasteiger partial charge in [-0.3, -0.25) is 5.41 Å². The van der Waals surface area contributed by atoms with Gasteiger partial charge in [-0.05, 0) is 25.7 Å². The summed E-state index contributed by atoms with van der Waals surface area (Å²) in [7, 11) is 0. The Kier molecular flexibility index (Phi) is 3.12. The van der Waals surface area contributed by atoms with Crippen LogP contribution < -0.4 is 0 Å². The number of hydrogen-bond donors (Lipinski definition) is 1. The van der Waals surface area contributed by atoms with Crippen LogP contribution in [0.2, 0.25) is 0 Å². The van der Waals surface area contributed by atoms with Gasteiger partial charge in [0.15, 0.2) is 0 Å². The van der Waals surface area contributed by atoms with Crippen LogP contribution in [-0.4, -0.2) is 23.8 Å². The lowest BCUT2D eigenvalue weighted by Gasteiger charge is -2.25. The summed E-state index contributed by atoms with van der Waals surface area (Å²) in [6, 6.07) is 0. The third-order valence-corrected chi connectivity index (χ3v) is 2.27. The molecule has 0 amide bonds. The van der Waals surface area contributed by atoms with Crippen LogP contribution in [0.15, 0.2) is 0 Å². The molecule has 0 atom stereocenters. The van der Waals surface area contributed by atoms with E-state index in [0.29, 0.717) is 11.8 Å². The van der Waals surface area contributed by atoms with E-state index < -0.39 is 0 Å². The minimum Gasteiger partial charge on any atom is -0.360 e. The molecule has 0 radical (unpaired) electrons. The normalized spacial score (nSPS) is 16.7. The Hall–Kier alpha value is -0.530. The first-order valence-corrected chi connectivity index (χ1v) is 4.98. The van der Waals surface area contributed by atoms with Crippen molar-refractivity contribution in [3.63, 3.8) is 0 Å². The molecule has 0 aromatic carbocycles. The third-order valence-electron chi connectivity index (χ3n) is 2.27. The molecule has 2 heteroatoms. The van der Waals surface area contributed by atoms with Crippen molar-refractivity contribution in [3.8, 4) is 0 Å². The van der Waals surface area contributed by atoms with Crippen LogP contribution in [0, 0.1) is 17.2 Å². The van der Waals surface area contributed by atoms with E-state index in [1.807, 2.05) is 0 Å². The van der Waals surface area contributed by atoms with Crippen LogP contribution in [-0.2, 0) is 0 Å². The summed E-state index contributed by atoms with van der Waals surface area (Å²) in [5, 5.41) is 7.88. The Morgan fingerprint density at radius 1 is 1.50 bits per heavy atom. The fourth-order valence-corrected chi connectivity index (χ4v) is 1.45. The van der Waals surface area contributed by atoms with E-state index in [1.165, 1.54) is 12.8 Å². The average Bonchev–Trinajstić information content (AvgIpc) is 2.80. The first-order chi connectivity index (χ1) is 5.65. The van der Waals surface area contributed by atoms with Gasteiger partial charge in [0.2, 0.25) is 0 Å². The zero-order valence-electron chi connectivity index (χ0n) is 8.43. The van der Waals surface area contributed by atoms with Crippen molar-refractivity contribution in [2.75, 3.05) is 13.1 Å². The largest absolute Gasteiger partial charge is 0.360 e. The van der Waals surface area contributed by atoms with Crippen LogP contribution in [0.3, 0.4) is 0 Å². The van der Waals surface area contributed by atoms with E-state index in [-0.39, 0.29) is 0 Å².